The van der Waals surface area contributed by atoms with Crippen LogP contribution in [0.1, 0.15) is 34.1 Å². The zero-order valence-corrected chi connectivity index (χ0v) is 9.33. The summed E-state index contributed by atoms with van der Waals surface area (Å²) in [6.45, 7) is 8.71. The van der Waals surface area contributed by atoms with Gasteiger partial charge in [-0.2, -0.15) is 0 Å². The molecule has 0 aromatic carbocycles. The number of carbonyl (C=O) groups is 1. The molecule has 0 saturated heterocycles. The van der Waals surface area contributed by atoms with E-state index >= 15 is 0 Å². The van der Waals surface area contributed by atoms with E-state index in [1.807, 2.05) is 18.7 Å². The van der Waals surface area contributed by atoms with E-state index < -0.39 is 0 Å². The van der Waals surface area contributed by atoms with E-state index in [9.17, 15) is 4.79 Å². The van der Waals surface area contributed by atoms with Crippen molar-refractivity contribution in [2.24, 2.45) is 0 Å². The van der Waals surface area contributed by atoms with Gasteiger partial charge in [-0.1, -0.05) is 6.92 Å². The lowest BCUT2D eigenvalue weighted by Gasteiger charge is -2.28. The van der Waals surface area contributed by atoms with E-state index in [0.29, 0.717) is 0 Å². The molecule has 0 spiro atoms. The molecule has 3 nitrogen and oxygen atoms in total. The van der Waals surface area contributed by atoms with Crippen LogP contribution < -0.4 is 0 Å². The monoisotopic (exact) mass is 187 g/mol. The van der Waals surface area contributed by atoms with Gasteiger partial charge < -0.3 is 9.64 Å². The first kappa shape index (κ1) is 12.4. The first-order chi connectivity index (χ1) is 6.04. The SMILES string of the molecule is CCCN(C(=O)C(C)OC)C(C)C. The van der Waals surface area contributed by atoms with Crippen LogP contribution in [0.2, 0.25) is 0 Å². The molecule has 0 aromatic rings. The highest BCUT2D eigenvalue weighted by Gasteiger charge is 2.21. The minimum absolute atomic E-state index is 0.0827. The van der Waals surface area contributed by atoms with Crippen molar-refractivity contribution in [2.75, 3.05) is 13.7 Å². The molecule has 0 N–H and O–H groups in total. The summed E-state index contributed by atoms with van der Waals surface area (Å²) in [5.74, 6) is 0.0827. The van der Waals surface area contributed by atoms with E-state index in [1.54, 1.807) is 14.0 Å². The third-order valence-electron chi connectivity index (χ3n) is 2.07. The zero-order chi connectivity index (χ0) is 10.4. The fourth-order valence-corrected chi connectivity index (χ4v) is 1.20. The van der Waals surface area contributed by atoms with E-state index in [0.717, 1.165) is 13.0 Å². The summed E-state index contributed by atoms with van der Waals surface area (Å²) in [6, 6.07) is 0.255. The van der Waals surface area contributed by atoms with Gasteiger partial charge in [-0.05, 0) is 27.2 Å². The van der Waals surface area contributed by atoms with E-state index in [2.05, 4.69) is 6.92 Å². The number of rotatable bonds is 5. The zero-order valence-electron chi connectivity index (χ0n) is 9.33. The molecule has 0 bridgehead atoms. The van der Waals surface area contributed by atoms with Crippen LogP contribution in [-0.2, 0) is 9.53 Å². The average Bonchev–Trinajstić information content (AvgIpc) is 2.11. The smallest absolute Gasteiger partial charge is 0.251 e. The lowest BCUT2D eigenvalue weighted by Crippen LogP contribution is -2.43. The Morgan fingerprint density at radius 3 is 2.23 bits per heavy atom. The molecule has 1 amide bonds. The molecule has 0 saturated carbocycles. The van der Waals surface area contributed by atoms with Crippen LogP contribution in [0.5, 0.6) is 0 Å². The minimum atomic E-state index is -0.325. The number of ether oxygens (including phenoxy) is 1. The Hall–Kier alpha value is -0.570. The second-order valence-corrected chi connectivity index (χ2v) is 3.50. The largest absolute Gasteiger partial charge is 0.372 e. The van der Waals surface area contributed by atoms with Crippen LogP contribution in [0, 0.1) is 0 Å². The van der Waals surface area contributed by atoms with Crippen molar-refractivity contribution in [3.05, 3.63) is 0 Å². The molecule has 0 rings (SSSR count). The molecule has 78 valence electrons. The third kappa shape index (κ3) is 3.77. The van der Waals surface area contributed by atoms with E-state index in [1.165, 1.54) is 0 Å². The molecule has 3 heteroatoms. The highest BCUT2D eigenvalue weighted by atomic mass is 16.5. The Labute approximate surface area is 81.1 Å². The molecule has 0 radical (unpaired) electrons. The number of nitrogens with zero attached hydrogens (tertiary/aromatic N) is 1. The number of carbonyl (C=O) groups excluding carboxylic acids is 1. The summed E-state index contributed by atoms with van der Waals surface area (Å²) in [4.78, 5) is 13.6. The van der Waals surface area contributed by atoms with Crippen molar-refractivity contribution < 1.29 is 9.53 Å². The fourth-order valence-electron chi connectivity index (χ4n) is 1.20. The van der Waals surface area contributed by atoms with Gasteiger partial charge in [0.15, 0.2) is 0 Å². The van der Waals surface area contributed by atoms with E-state index in [4.69, 9.17) is 4.74 Å². The first-order valence-electron chi connectivity index (χ1n) is 4.87. The second kappa shape index (κ2) is 5.97. The molecule has 0 aliphatic rings. The Morgan fingerprint density at radius 1 is 1.38 bits per heavy atom. The van der Waals surface area contributed by atoms with Crippen LogP contribution in [0.25, 0.3) is 0 Å². The van der Waals surface area contributed by atoms with Crippen molar-refractivity contribution in [1.82, 2.24) is 4.90 Å². The summed E-state index contributed by atoms with van der Waals surface area (Å²) in [7, 11) is 1.56. The van der Waals surface area contributed by atoms with Crippen molar-refractivity contribution in [3.8, 4) is 0 Å². The Bertz CT molecular complexity index is 157. The summed E-state index contributed by atoms with van der Waals surface area (Å²) in [6.07, 6.45) is 0.661. The maximum Gasteiger partial charge on any atom is 0.251 e. The molecule has 1 atom stereocenters. The highest BCUT2D eigenvalue weighted by molar-refractivity contribution is 5.80. The first-order valence-corrected chi connectivity index (χ1v) is 4.87. The molecule has 0 aromatic heterocycles. The van der Waals surface area contributed by atoms with Gasteiger partial charge in [0.05, 0.1) is 0 Å². The average molecular weight is 187 g/mol. The van der Waals surface area contributed by atoms with Gasteiger partial charge in [-0.25, -0.2) is 0 Å². The van der Waals surface area contributed by atoms with Crippen LogP contribution in [0.15, 0.2) is 0 Å². The van der Waals surface area contributed by atoms with Crippen molar-refractivity contribution in [3.63, 3.8) is 0 Å². The maximum absolute atomic E-state index is 11.7. The van der Waals surface area contributed by atoms with Gasteiger partial charge >= 0.3 is 0 Å². The fraction of sp³-hybridized carbons (Fsp3) is 0.900. The molecule has 1 unspecified atom stereocenters. The standard InChI is InChI=1S/C10H21NO2/c1-6-7-11(8(2)3)10(12)9(4)13-5/h8-9H,6-7H2,1-5H3. The lowest BCUT2D eigenvalue weighted by atomic mass is 10.2. The summed E-state index contributed by atoms with van der Waals surface area (Å²) in [5, 5.41) is 0. The Kier molecular flexibility index (Phi) is 5.71. The number of hydrogen-bond acceptors (Lipinski definition) is 2. The summed E-state index contributed by atoms with van der Waals surface area (Å²) >= 11 is 0. The molecule has 0 heterocycles. The van der Waals surface area contributed by atoms with E-state index in [-0.39, 0.29) is 18.1 Å². The van der Waals surface area contributed by atoms with Crippen LogP contribution in [0.3, 0.4) is 0 Å². The third-order valence-corrected chi connectivity index (χ3v) is 2.07. The maximum atomic E-state index is 11.7. The normalized spacial score (nSPS) is 13.1. The molecule has 0 aliphatic heterocycles. The molecule has 0 fully saturated rings. The predicted octanol–water partition coefficient (Wildman–Crippen LogP) is 1.67. The molecular formula is C10H21NO2. The van der Waals surface area contributed by atoms with Gasteiger partial charge in [-0.3, -0.25) is 4.79 Å². The quantitative estimate of drug-likeness (QED) is 0.655. The van der Waals surface area contributed by atoms with Crippen molar-refractivity contribution in [2.45, 2.75) is 46.3 Å². The van der Waals surface area contributed by atoms with Crippen LogP contribution >= 0.6 is 0 Å². The predicted molar refractivity (Wildman–Crippen MR) is 53.6 cm³/mol. The van der Waals surface area contributed by atoms with Crippen LogP contribution in [-0.4, -0.2) is 36.6 Å². The second-order valence-electron chi connectivity index (χ2n) is 3.50. The van der Waals surface area contributed by atoms with Gasteiger partial charge in [-0.15, -0.1) is 0 Å². The highest BCUT2D eigenvalue weighted by Crippen LogP contribution is 2.04. The topological polar surface area (TPSA) is 29.5 Å². The molecule has 0 aliphatic carbocycles. The van der Waals surface area contributed by atoms with Crippen molar-refractivity contribution in [1.29, 1.82) is 0 Å². The van der Waals surface area contributed by atoms with Gasteiger partial charge in [0, 0.05) is 19.7 Å². The Balaban J connectivity index is 4.27. The van der Waals surface area contributed by atoms with Gasteiger partial charge in [0.2, 0.25) is 0 Å². The Morgan fingerprint density at radius 2 is 1.92 bits per heavy atom. The van der Waals surface area contributed by atoms with Crippen LogP contribution in [0.4, 0.5) is 0 Å². The number of methoxy groups -OCH3 is 1. The number of hydrogen-bond donors (Lipinski definition) is 0. The van der Waals surface area contributed by atoms with Gasteiger partial charge in [0.25, 0.3) is 5.91 Å². The lowest BCUT2D eigenvalue weighted by molar-refractivity contribution is -0.142. The molecule has 13 heavy (non-hydrogen) atoms. The molecular weight excluding hydrogens is 166 g/mol. The van der Waals surface area contributed by atoms with Gasteiger partial charge in [0.1, 0.15) is 6.10 Å². The summed E-state index contributed by atoms with van der Waals surface area (Å²) < 4.78 is 5.00. The summed E-state index contributed by atoms with van der Waals surface area (Å²) in [5.41, 5.74) is 0. The van der Waals surface area contributed by atoms with Crippen molar-refractivity contribution >= 4 is 5.91 Å². The minimum Gasteiger partial charge on any atom is -0.372 e. The number of amides is 1.